The molecule has 0 spiro atoms. The lowest BCUT2D eigenvalue weighted by Gasteiger charge is -2.37. The van der Waals surface area contributed by atoms with Crippen LogP contribution in [0.1, 0.15) is 50.7 Å². The Kier molecular flexibility index (Phi) is 4.33. The molecule has 0 aliphatic carbocycles. The summed E-state index contributed by atoms with van der Waals surface area (Å²) in [6.07, 6.45) is 3.46. The van der Waals surface area contributed by atoms with Crippen LogP contribution in [-0.4, -0.2) is 47.1 Å². The third-order valence-corrected chi connectivity index (χ3v) is 3.95. The Morgan fingerprint density at radius 3 is 2.75 bits per heavy atom. The molecule has 1 atom stereocenters. The van der Waals surface area contributed by atoms with Crippen LogP contribution in [0.4, 0.5) is 0 Å². The molecule has 2 aliphatic heterocycles. The van der Waals surface area contributed by atoms with Crippen LogP contribution in [0.15, 0.2) is 4.52 Å². The van der Waals surface area contributed by atoms with Gasteiger partial charge in [-0.15, -0.1) is 0 Å². The van der Waals surface area contributed by atoms with E-state index in [2.05, 4.69) is 28.9 Å². The molecular weight excluding hydrogens is 258 g/mol. The van der Waals surface area contributed by atoms with Crippen molar-refractivity contribution in [2.45, 2.75) is 57.9 Å². The third-order valence-electron chi connectivity index (χ3n) is 3.95. The van der Waals surface area contributed by atoms with Crippen LogP contribution < -0.4 is 0 Å². The highest BCUT2D eigenvalue weighted by molar-refractivity contribution is 4.92. The van der Waals surface area contributed by atoms with Crippen LogP contribution in [0.5, 0.6) is 0 Å². The van der Waals surface area contributed by atoms with Crippen LogP contribution in [0, 0.1) is 0 Å². The summed E-state index contributed by atoms with van der Waals surface area (Å²) >= 11 is 0. The highest BCUT2D eigenvalue weighted by Crippen LogP contribution is 2.25. The number of piperidine rings is 1. The Labute approximate surface area is 119 Å². The SMILES string of the molecule is CC(C)c1nc(CN2CCCCC2C2OCCO2)no1. The molecule has 3 heterocycles. The van der Waals surface area contributed by atoms with E-state index in [0.717, 1.165) is 18.8 Å². The molecule has 1 aromatic heterocycles. The van der Waals surface area contributed by atoms with Crippen LogP contribution in [0.25, 0.3) is 0 Å². The molecular formula is C14H23N3O3. The normalized spacial score (nSPS) is 25.6. The van der Waals surface area contributed by atoms with Crippen molar-refractivity contribution in [3.8, 4) is 0 Å². The second kappa shape index (κ2) is 6.20. The van der Waals surface area contributed by atoms with E-state index in [1.807, 2.05) is 0 Å². The van der Waals surface area contributed by atoms with Crippen LogP contribution in [-0.2, 0) is 16.0 Å². The summed E-state index contributed by atoms with van der Waals surface area (Å²) in [6.45, 7) is 7.27. The number of rotatable bonds is 4. The van der Waals surface area contributed by atoms with E-state index in [0.29, 0.717) is 31.7 Å². The van der Waals surface area contributed by atoms with Crippen molar-refractivity contribution in [1.82, 2.24) is 15.0 Å². The highest BCUT2D eigenvalue weighted by atomic mass is 16.7. The zero-order chi connectivity index (χ0) is 13.9. The minimum atomic E-state index is -0.0910. The lowest BCUT2D eigenvalue weighted by Crippen LogP contribution is -2.46. The van der Waals surface area contributed by atoms with Gasteiger partial charge >= 0.3 is 0 Å². The molecule has 0 bridgehead atoms. The molecule has 2 saturated heterocycles. The summed E-state index contributed by atoms with van der Waals surface area (Å²) < 4.78 is 16.6. The van der Waals surface area contributed by atoms with Crippen molar-refractivity contribution >= 4 is 0 Å². The molecule has 0 aromatic carbocycles. The van der Waals surface area contributed by atoms with Gasteiger partial charge in [0.2, 0.25) is 5.89 Å². The summed E-state index contributed by atoms with van der Waals surface area (Å²) in [6, 6.07) is 0.312. The Morgan fingerprint density at radius 2 is 2.05 bits per heavy atom. The first-order valence-electron chi connectivity index (χ1n) is 7.54. The maximum Gasteiger partial charge on any atom is 0.229 e. The maximum absolute atomic E-state index is 5.68. The van der Waals surface area contributed by atoms with E-state index in [1.165, 1.54) is 12.8 Å². The van der Waals surface area contributed by atoms with Gasteiger partial charge in [-0.2, -0.15) is 4.98 Å². The first-order chi connectivity index (χ1) is 9.74. The molecule has 3 rings (SSSR count). The summed E-state index contributed by atoms with van der Waals surface area (Å²) in [5.41, 5.74) is 0. The van der Waals surface area contributed by atoms with E-state index in [-0.39, 0.29) is 12.2 Å². The van der Waals surface area contributed by atoms with E-state index in [1.54, 1.807) is 0 Å². The summed E-state index contributed by atoms with van der Waals surface area (Å²) in [7, 11) is 0. The zero-order valence-corrected chi connectivity index (χ0v) is 12.2. The maximum atomic E-state index is 5.68. The predicted molar refractivity (Wildman–Crippen MR) is 72.1 cm³/mol. The molecule has 0 radical (unpaired) electrons. The van der Waals surface area contributed by atoms with Gasteiger partial charge < -0.3 is 14.0 Å². The van der Waals surface area contributed by atoms with Crippen LogP contribution >= 0.6 is 0 Å². The highest BCUT2D eigenvalue weighted by Gasteiger charge is 2.34. The first-order valence-corrected chi connectivity index (χ1v) is 7.54. The van der Waals surface area contributed by atoms with Gasteiger partial charge in [0.15, 0.2) is 12.1 Å². The molecule has 112 valence electrons. The number of nitrogens with zero attached hydrogens (tertiary/aromatic N) is 3. The van der Waals surface area contributed by atoms with Crippen molar-refractivity contribution in [3.63, 3.8) is 0 Å². The minimum Gasteiger partial charge on any atom is -0.349 e. The molecule has 0 saturated carbocycles. The van der Waals surface area contributed by atoms with E-state index >= 15 is 0 Å². The molecule has 0 N–H and O–H groups in total. The van der Waals surface area contributed by atoms with Crippen molar-refractivity contribution in [2.75, 3.05) is 19.8 Å². The monoisotopic (exact) mass is 281 g/mol. The van der Waals surface area contributed by atoms with Crippen molar-refractivity contribution < 1.29 is 14.0 Å². The molecule has 1 unspecified atom stereocenters. The second-order valence-electron chi connectivity index (χ2n) is 5.85. The van der Waals surface area contributed by atoms with Gasteiger partial charge in [-0.1, -0.05) is 25.4 Å². The Bertz CT molecular complexity index is 429. The fourth-order valence-corrected chi connectivity index (χ4v) is 2.87. The molecule has 1 aromatic rings. The van der Waals surface area contributed by atoms with Gasteiger partial charge in [0.05, 0.1) is 25.8 Å². The van der Waals surface area contributed by atoms with Crippen LogP contribution in [0.3, 0.4) is 0 Å². The Morgan fingerprint density at radius 1 is 1.25 bits per heavy atom. The molecule has 6 heteroatoms. The minimum absolute atomic E-state index is 0.0910. The molecule has 6 nitrogen and oxygen atoms in total. The van der Waals surface area contributed by atoms with Crippen LogP contribution in [0.2, 0.25) is 0 Å². The lowest BCUT2D eigenvalue weighted by atomic mass is 10.0. The zero-order valence-electron chi connectivity index (χ0n) is 12.2. The number of ether oxygens (including phenoxy) is 2. The largest absolute Gasteiger partial charge is 0.349 e. The lowest BCUT2D eigenvalue weighted by molar-refractivity contribution is -0.111. The smallest absolute Gasteiger partial charge is 0.229 e. The average Bonchev–Trinajstić information content (AvgIpc) is 3.10. The van der Waals surface area contributed by atoms with Gasteiger partial charge in [0.25, 0.3) is 0 Å². The fourth-order valence-electron chi connectivity index (χ4n) is 2.87. The topological polar surface area (TPSA) is 60.6 Å². The van der Waals surface area contributed by atoms with Crippen molar-refractivity contribution in [2.24, 2.45) is 0 Å². The number of likely N-dealkylation sites (tertiary alicyclic amines) is 1. The van der Waals surface area contributed by atoms with Gasteiger partial charge in [-0.3, -0.25) is 4.90 Å². The number of hydrogen-bond donors (Lipinski definition) is 0. The molecule has 2 aliphatic rings. The number of hydrogen-bond acceptors (Lipinski definition) is 6. The van der Waals surface area contributed by atoms with Crippen molar-refractivity contribution in [3.05, 3.63) is 11.7 Å². The van der Waals surface area contributed by atoms with Gasteiger partial charge in [0.1, 0.15) is 0 Å². The summed E-state index contributed by atoms with van der Waals surface area (Å²) in [5.74, 6) is 1.75. The third kappa shape index (κ3) is 3.02. The fraction of sp³-hybridized carbons (Fsp3) is 0.857. The number of aromatic nitrogens is 2. The summed E-state index contributed by atoms with van der Waals surface area (Å²) in [4.78, 5) is 6.83. The Hall–Kier alpha value is -0.980. The Balaban J connectivity index is 1.66. The van der Waals surface area contributed by atoms with Crippen molar-refractivity contribution in [1.29, 1.82) is 0 Å². The predicted octanol–water partition coefficient (Wildman–Crippen LogP) is 1.92. The quantitative estimate of drug-likeness (QED) is 0.840. The molecule has 2 fully saturated rings. The van der Waals surface area contributed by atoms with E-state index < -0.39 is 0 Å². The second-order valence-corrected chi connectivity index (χ2v) is 5.85. The van der Waals surface area contributed by atoms with Gasteiger partial charge in [-0.25, -0.2) is 0 Å². The van der Waals surface area contributed by atoms with E-state index in [4.69, 9.17) is 14.0 Å². The average molecular weight is 281 g/mol. The van der Waals surface area contributed by atoms with E-state index in [9.17, 15) is 0 Å². The standard InChI is InChI=1S/C14H23N3O3/c1-10(2)13-15-12(16-20-13)9-17-6-4-3-5-11(17)14-18-7-8-19-14/h10-11,14H,3-9H2,1-2H3. The van der Waals surface area contributed by atoms with Gasteiger partial charge in [0, 0.05) is 5.92 Å². The molecule has 20 heavy (non-hydrogen) atoms. The van der Waals surface area contributed by atoms with Gasteiger partial charge in [-0.05, 0) is 19.4 Å². The molecule has 0 amide bonds. The first kappa shape index (κ1) is 14.0. The summed E-state index contributed by atoms with van der Waals surface area (Å²) in [5, 5.41) is 4.08.